The summed E-state index contributed by atoms with van der Waals surface area (Å²) < 4.78 is 0. The van der Waals surface area contributed by atoms with Crippen molar-refractivity contribution >= 4 is 29.1 Å². The van der Waals surface area contributed by atoms with Gasteiger partial charge in [-0.1, -0.05) is 18.2 Å². The van der Waals surface area contributed by atoms with Gasteiger partial charge >= 0.3 is 0 Å². The van der Waals surface area contributed by atoms with Gasteiger partial charge < -0.3 is 36.4 Å². The van der Waals surface area contributed by atoms with Crippen molar-refractivity contribution in [3.05, 3.63) is 70.2 Å². The number of carbonyl (C=O) groups is 4. The molecule has 11 nitrogen and oxygen atoms in total. The van der Waals surface area contributed by atoms with Crippen LogP contribution in [0.3, 0.4) is 0 Å². The van der Waals surface area contributed by atoms with E-state index >= 15 is 0 Å². The minimum atomic E-state index is -2.61. The minimum absolute atomic E-state index is 0.0427. The number of phenolic OH excluding ortho intramolecular Hbond substituents is 1. The molecule has 0 saturated heterocycles. The number of nitrogens with one attached hydrogen (secondary N) is 1. The van der Waals surface area contributed by atoms with Gasteiger partial charge in [0.25, 0.3) is 5.91 Å². The van der Waals surface area contributed by atoms with E-state index < -0.39 is 52.0 Å². The third kappa shape index (κ3) is 4.74. The van der Waals surface area contributed by atoms with Crippen LogP contribution in [0.1, 0.15) is 41.6 Å². The summed E-state index contributed by atoms with van der Waals surface area (Å²) in [6, 6.07) is 10.1. The zero-order valence-corrected chi connectivity index (χ0v) is 23.3. The molecular weight excluding hydrogens is 542 g/mol. The van der Waals surface area contributed by atoms with E-state index in [9.17, 15) is 39.6 Å². The highest BCUT2D eigenvalue weighted by atomic mass is 16.3. The lowest BCUT2D eigenvalue weighted by molar-refractivity contribution is -0.144. The number of nitrogens with two attached hydrogens (primary N) is 1. The predicted octanol–water partition coefficient (Wildman–Crippen LogP) is 2.53. The molecule has 0 heterocycles. The van der Waals surface area contributed by atoms with Gasteiger partial charge in [0, 0.05) is 30.0 Å². The van der Waals surface area contributed by atoms with E-state index in [1.54, 1.807) is 24.3 Å². The lowest BCUT2D eigenvalue weighted by atomic mass is 9.60. The Hall–Kier alpha value is -4.48. The molecule has 3 atom stereocenters. The van der Waals surface area contributed by atoms with Gasteiger partial charge in [-0.15, -0.1) is 0 Å². The number of anilines is 1. The molecule has 3 aliphatic carbocycles. The third-order valence-corrected chi connectivity index (χ3v) is 8.41. The van der Waals surface area contributed by atoms with Gasteiger partial charge in [0.2, 0.25) is 11.7 Å². The second kappa shape index (κ2) is 10.7. The second-order valence-corrected chi connectivity index (χ2v) is 11.4. The molecule has 5 rings (SSSR count). The summed E-state index contributed by atoms with van der Waals surface area (Å²) in [5, 5.41) is 46.6. The molecule has 11 heteroatoms. The Kier molecular flexibility index (Phi) is 7.42. The highest BCUT2D eigenvalue weighted by molar-refractivity contribution is 6.24. The van der Waals surface area contributed by atoms with Crippen LogP contribution in [0.5, 0.6) is 5.75 Å². The fourth-order valence-corrected chi connectivity index (χ4v) is 6.43. The maximum atomic E-state index is 13.8. The first-order valence-electron chi connectivity index (χ1n) is 13.7. The molecule has 3 aliphatic rings. The number of primary amides is 1. The number of amides is 2. The van der Waals surface area contributed by atoms with Crippen LogP contribution < -0.4 is 11.1 Å². The lowest BCUT2D eigenvalue weighted by Crippen LogP contribution is -2.57. The van der Waals surface area contributed by atoms with Crippen LogP contribution in [-0.2, 0) is 20.8 Å². The Labute approximate surface area is 241 Å². The van der Waals surface area contributed by atoms with Crippen molar-refractivity contribution in [2.45, 2.75) is 37.7 Å². The molecule has 0 aromatic heterocycles. The van der Waals surface area contributed by atoms with Crippen LogP contribution in [0.15, 0.2) is 59.1 Å². The first kappa shape index (κ1) is 29.0. The van der Waals surface area contributed by atoms with Crippen LogP contribution in [0.4, 0.5) is 5.69 Å². The fourth-order valence-electron chi connectivity index (χ4n) is 6.43. The van der Waals surface area contributed by atoms with Crippen molar-refractivity contribution in [1.82, 2.24) is 4.90 Å². The molecule has 0 fully saturated rings. The molecule has 0 spiro atoms. The van der Waals surface area contributed by atoms with E-state index in [1.807, 2.05) is 25.1 Å². The number of ketones is 2. The molecule has 220 valence electrons. The molecule has 0 radical (unpaired) electrons. The topological polar surface area (TPSA) is 190 Å². The number of aromatic hydroxyl groups is 1. The zero-order valence-electron chi connectivity index (χ0n) is 23.3. The quantitative estimate of drug-likeness (QED) is 0.269. The Morgan fingerprint density at radius 1 is 1.10 bits per heavy atom. The third-order valence-electron chi connectivity index (χ3n) is 8.41. The number of nitrogens with zero attached hydrogens (tertiary/aromatic N) is 1. The predicted molar refractivity (Wildman–Crippen MR) is 153 cm³/mol. The standard InChI is InChI=1S/C31H33N3O8/c1-34(2)10-4-7-23(37)33-18-6-3-5-15(12-18)19-8-9-21(35)25-20(19)13-16-11-17-14-22(36)26(30(32)41)29(40)31(17,42)28(39)24(16)27(25)38/h3,5-6,8-9,12,16-17,35-36,39,42H,4,7,10-11,13-14H2,1-2H3,(H2,32,41)(H,33,37)/t16-,17+,31+/m1/s1. The summed E-state index contributed by atoms with van der Waals surface area (Å²) in [7, 11) is 3.88. The lowest BCUT2D eigenvalue weighted by Gasteiger charge is -2.45. The molecule has 0 bridgehead atoms. The Balaban J connectivity index is 1.51. The maximum absolute atomic E-state index is 13.8. The number of hydrogen-bond donors (Lipinski definition) is 6. The van der Waals surface area contributed by atoms with Gasteiger partial charge in [-0.2, -0.15) is 0 Å². The number of carbonyl (C=O) groups excluding carboxylic acids is 4. The number of Topliss-reactive ketones (excluding diaryl/α,β-unsaturated/α-hetero) is 2. The van der Waals surface area contributed by atoms with Crippen LogP contribution in [-0.4, -0.2) is 74.9 Å². The first-order chi connectivity index (χ1) is 19.8. The van der Waals surface area contributed by atoms with E-state index in [0.717, 1.165) is 6.54 Å². The summed E-state index contributed by atoms with van der Waals surface area (Å²) in [6.45, 7) is 0.781. The Bertz CT molecular complexity index is 1590. The van der Waals surface area contributed by atoms with Crippen molar-refractivity contribution in [3.8, 4) is 16.9 Å². The minimum Gasteiger partial charge on any atom is -0.511 e. The number of allylic oxidation sites excluding steroid dienone is 2. The number of aliphatic hydroxyl groups excluding tert-OH is 2. The number of benzene rings is 2. The summed E-state index contributed by atoms with van der Waals surface area (Å²) in [6.07, 6.45) is 0.988. The first-order valence-corrected chi connectivity index (χ1v) is 13.7. The Morgan fingerprint density at radius 2 is 1.83 bits per heavy atom. The highest BCUT2D eigenvalue weighted by Crippen LogP contribution is 2.52. The summed E-state index contributed by atoms with van der Waals surface area (Å²) >= 11 is 0. The number of rotatable bonds is 7. The van der Waals surface area contributed by atoms with Crippen LogP contribution in [0.2, 0.25) is 0 Å². The van der Waals surface area contributed by atoms with Gasteiger partial charge in [-0.3, -0.25) is 19.2 Å². The molecule has 0 unspecified atom stereocenters. The molecule has 2 aromatic carbocycles. The molecule has 7 N–H and O–H groups in total. The van der Waals surface area contributed by atoms with Crippen molar-refractivity contribution in [1.29, 1.82) is 0 Å². The average Bonchev–Trinajstić information content (AvgIpc) is 2.90. The van der Waals surface area contributed by atoms with Crippen molar-refractivity contribution in [3.63, 3.8) is 0 Å². The number of aliphatic hydroxyl groups is 3. The van der Waals surface area contributed by atoms with E-state index in [4.69, 9.17) is 5.73 Å². The normalized spacial score (nSPS) is 23.4. The average molecular weight is 576 g/mol. The maximum Gasteiger partial charge on any atom is 0.255 e. The SMILES string of the molecule is CN(C)CCCC(=O)Nc1cccc(-c2ccc(O)c3c2C[C@H]2C[C@H]4CC(O)=C(C(N)=O)C(=O)[C@@]4(O)C(O)=C2C3=O)c1. The molecule has 0 aliphatic heterocycles. The number of hydrogen-bond acceptors (Lipinski definition) is 9. The van der Waals surface area contributed by atoms with E-state index in [1.165, 1.54) is 6.07 Å². The van der Waals surface area contributed by atoms with Gasteiger partial charge in [0.05, 0.1) is 5.56 Å². The van der Waals surface area contributed by atoms with Gasteiger partial charge in [-0.25, -0.2) is 0 Å². The molecule has 2 aromatic rings. The van der Waals surface area contributed by atoms with Gasteiger partial charge in [-0.05, 0) is 80.7 Å². The smallest absolute Gasteiger partial charge is 0.255 e. The molecule has 42 heavy (non-hydrogen) atoms. The van der Waals surface area contributed by atoms with E-state index in [-0.39, 0.29) is 42.1 Å². The van der Waals surface area contributed by atoms with Crippen molar-refractivity contribution < 1.29 is 39.6 Å². The fraction of sp³-hybridized carbons (Fsp3) is 0.355. The number of phenols is 1. The molecule has 2 amide bonds. The van der Waals surface area contributed by atoms with Gasteiger partial charge in [0.1, 0.15) is 22.8 Å². The zero-order chi connectivity index (χ0) is 30.5. The Morgan fingerprint density at radius 3 is 2.52 bits per heavy atom. The highest BCUT2D eigenvalue weighted by Gasteiger charge is 2.59. The second-order valence-electron chi connectivity index (χ2n) is 11.4. The largest absolute Gasteiger partial charge is 0.511 e. The molecule has 0 saturated carbocycles. The summed E-state index contributed by atoms with van der Waals surface area (Å²) in [5.74, 6) is -6.84. The van der Waals surface area contributed by atoms with Crippen LogP contribution >= 0.6 is 0 Å². The number of fused-ring (bicyclic) bond motifs is 3. The monoisotopic (exact) mass is 575 g/mol. The summed E-state index contributed by atoms with van der Waals surface area (Å²) in [5.41, 5.74) is 3.96. The van der Waals surface area contributed by atoms with E-state index in [2.05, 4.69) is 5.32 Å². The van der Waals surface area contributed by atoms with Crippen molar-refractivity contribution in [2.75, 3.05) is 26.0 Å². The van der Waals surface area contributed by atoms with Crippen LogP contribution in [0.25, 0.3) is 11.1 Å². The van der Waals surface area contributed by atoms with Gasteiger partial charge in [0.15, 0.2) is 11.4 Å². The van der Waals surface area contributed by atoms with Crippen molar-refractivity contribution in [2.24, 2.45) is 17.6 Å². The van der Waals surface area contributed by atoms with E-state index in [0.29, 0.717) is 35.2 Å². The van der Waals surface area contributed by atoms with Crippen LogP contribution in [0, 0.1) is 11.8 Å². The summed E-state index contributed by atoms with van der Waals surface area (Å²) in [4.78, 5) is 53.2. The molecular formula is C31H33N3O8.